The van der Waals surface area contributed by atoms with Gasteiger partial charge in [0.05, 0.1) is 16.8 Å². The van der Waals surface area contributed by atoms with Crippen LogP contribution in [0.4, 0.5) is 13.2 Å². The van der Waals surface area contributed by atoms with Gasteiger partial charge in [-0.15, -0.1) is 0 Å². The van der Waals surface area contributed by atoms with Crippen LogP contribution >= 0.6 is 0 Å². The molecule has 0 spiro atoms. The zero-order valence-corrected chi connectivity index (χ0v) is 12.5. The first-order chi connectivity index (χ1) is 9.48. The van der Waals surface area contributed by atoms with Crippen molar-refractivity contribution >= 4 is 12.6 Å². The number of benzene rings is 1. The van der Waals surface area contributed by atoms with Crippen LogP contribution in [0.25, 0.3) is 0 Å². The molecule has 0 atom stereocenters. The molecule has 0 amide bonds. The van der Waals surface area contributed by atoms with Crippen LogP contribution in [0.15, 0.2) is 18.2 Å². The lowest BCUT2D eigenvalue weighted by Crippen LogP contribution is -2.41. The second-order valence-corrected chi connectivity index (χ2v) is 6.20. The van der Waals surface area contributed by atoms with Crippen LogP contribution < -0.4 is 11.2 Å². The van der Waals surface area contributed by atoms with E-state index in [-0.39, 0.29) is 6.54 Å². The number of nitrogens with two attached hydrogens (primary N) is 1. The first-order valence-electron chi connectivity index (χ1n) is 6.74. The molecule has 0 aliphatic carbocycles. The van der Waals surface area contributed by atoms with Gasteiger partial charge in [0, 0.05) is 6.54 Å². The van der Waals surface area contributed by atoms with E-state index >= 15 is 0 Å². The van der Waals surface area contributed by atoms with Crippen molar-refractivity contribution < 1.29 is 22.5 Å². The van der Waals surface area contributed by atoms with E-state index in [0.29, 0.717) is 11.0 Å². The fraction of sp³-hybridized carbons (Fsp3) is 0.571. The molecule has 0 radical (unpaired) electrons. The molecule has 3 nitrogen and oxygen atoms in total. The molecule has 1 aromatic rings. The summed E-state index contributed by atoms with van der Waals surface area (Å²) in [6, 6.07) is 3.47. The van der Waals surface area contributed by atoms with Gasteiger partial charge in [0.15, 0.2) is 0 Å². The number of halogens is 3. The van der Waals surface area contributed by atoms with Crippen LogP contribution in [0, 0.1) is 0 Å². The molecule has 1 heterocycles. The molecular weight excluding hydrogens is 282 g/mol. The van der Waals surface area contributed by atoms with Crippen molar-refractivity contribution in [2.75, 3.05) is 0 Å². The van der Waals surface area contributed by atoms with Crippen molar-refractivity contribution in [1.29, 1.82) is 0 Å². The summed E-state index contributed by atoms with van der Waals surface area (Å²) in [6.45, 7) is 7.54. The highest BCUT2D eigenvalue weighted by Gasteiger charge is 2.52. The van der Waals surface area contributed by atoms with E-state index in [2.05, 4.69) is 0 Å². The summed E-state index contributed by atoms with van der Waals surface area (Å²) in [6.07, 6.45) is -4.39. The third-order valence-electron chi connectivity index (χ3n) is 4.20. The number of rotatable bonds is 2. The van der Waals surface area contributed by atoms with E-state index in [1.165, 1.54) is 6.07 Å². The van der Waals surface area contributed by atoms with Gasteiger partial charge in [0.25, 0.3) is 0 Å². The summed E-state index contributed by atoms with van der Waals surface area (Å²) in [5, 5.41) is 0. The molecule has 0 aromatic heterocycles. The Morgan fingerprint density at radius 1 is 1.10 bits per heavy atom. The minimum absolute atomic E-state index is 0.0106. The molecule has 1 aliphatic heterocycles. The Bertz CT molecular complexity index is 528. The Labute approximate surface area is 122 Å². The average Bonchev–Trinajstić information content (AvgIpc) is 2.56. The van der Waals surface area contributed by atoms with Crippen LogP contribution in [0.5, 0.6) is 0 Å². The highest BCUT2D eigenvalue weighted by Crippen LogP contribution is 2.37. The Morgan fingerprint density at radius 2 is 1.62 bits per heavy atom. The molecule has 0 unspecified atom stereocenters. The highest BCUT2D eigenvalue weighted by atomic mass is 19.4. The zero-order valence-electron chi connectivity index (χ0n) is 12.5. The van der Waals surface area contributed by atoms with Gasteiger partial charge < -0.3 is 15.0 Å². The van der Waals surface area contributed by atoms with Gasteiger partial charge in [0.1, 0.15) is 0 Å². The van der Waals surface area contributed by atoms with E-state index in [1.807, 2.05) is 27.7 Å². The highest BCUT2D eigenvalue weighted by molar-refractivity contribution is 6.62. The van der Waals surface area contributed by atoms with Crippen molar-refractivity contribution in [2.24, 2.45) is 5.73 Å². The van der Waals surface area contributed by atoms with Crippen LogP contribution in [0.1, 0.15) is 38.8 Å². The van der Waals surface area contributed by atoms with Gasteiger partial charge in [-0.05, 0) is 44.8 Å². The van der Waals surface area contributed by atoms with Crippen LogP contribution in [-0.4, -0.2) is 18.3 Å². The monoisotopic (exact) mass is 301 g/mol. The van der Waals surface area contributed by atoms with Crippen LogP contribution in [0.2, 0.25) is 0 Å². The standard InChI is InChI=1S/C14H19BF3NO2/c1-12(2)13(3,4)21-15(20-12)11-6-5-10(14(16,17)18)7-9(11)8-19/h5-7H,8,19H2,1-4H3. The largest absolute Gasteiger partial charge is 0.495 e. The van der Waals surface area contributed by atoms with Crippen molar-refractivity contribution in [1.82, 2.24) is 0 Å². The van der Waals surface area contributed by atoms with E-state index in [0.717, 1.165) is 12.1 Å². The number of hydrogen-bond donors (Lipinski definition) is 1. The average molecular weight is 301 g/mol. The normalized spacial score (nSPS) is 20.9. The van der Waals surface area contributed by atoms with Crippen molar-refractivity contribution in [3.8, 4) is 0 Å². The first kappa shape index (κ1) is 16.3. The van der Waals surface area contributed by atoms with E-state index in [1.54, 1.807) is 0 Å². The molecule has 1 aromatic carbocycles. The predicted octanol–water partition coefficient (Wildman–Crippen LogP) is 2.46. The quantitative estimate of drug-likeness (QED) is 0.854. The van der Waals surface area contributed by atoms with Gasteiger partial charge in [-0.1, -0.05) is 12.1 Å². The van der Waals surface area contributed by atoms with Crippen LogP contribution in [-0.2, 0) is 22.0 Å². The van der Waals surface area contributed by atoms with Crippen molar-refractivity contribution in [3.05, 3.63) is 29.3 Å². The minimum atomic E-state index is -4.39. The third-order valence-corrected chi connectivity index (χ3v) is 4.20. The maximum atomic E-state index is 12.8. The Kier molecular flexibility index (Phi) is 3.89. The molecular formula is C14H19BF3NO2. The molecule has 1 fully saturated rings. The molecule has 1 saturated heterocycles. The van der Waals surface area contributed by atoms with E-state index in [9.17, 15) is 13.2 Å². The number of alkyl halides is 3. The predicted molar refractivity (Wildman–Crippen MR) is 75.1 cm³/mol. The SMILES string of the molecule is CC1(C)OB(c2ccc(C(F)(F)F)cc2CN)OC1(C)C. The van der Waals surface area contributed by atoms with E-state index in [4.69, 9.17) is 15.0 Å². The lowest BCUT2D eigenvalue weighted by molar-refractivity contribution is -0.137. The lowest BCUT2D eigenvalue weighted by Gasteiger charge is -2.32. The van der Waals surface area contributed by atoms with Crippen LogP contribution in [0.3, 0.4) is 0 Å². The third kappa shape index (κ3) is 2.95. The molecule has 0 bridgehead atoms. The van der Waals surface area contributed by atoms with Gasteiger partial charge >= 0.3 is 13.3 Å². The summed E-state index contributed by atoms with van der Waals surface area (Å²) in [7, 11) is -0.712. The minimum Gasteiger partial charge on any atom is -0.399 e. The molecule has 2 rings (SSSR count). The Morgan fingerprint density at radius 3 is 2.05 bits per heavy atom. The van der Waals surface area contributed by atoms with Gasteiger partial charge in [-0.25, -0.2) is 0 Å². The summed E-state index contributed by atoms with van der Waals surface area (Å²) in [4.78, 5) is 0. The topological polar surface area (TPSA) is 44.5 Å². The fourth-order valence-corrected chi connectivity index (χ4v) is 2.16. The molecule has 2 N–H and O–H groups in total. The Balaban J connectivity index is 2.38. The molecule has 116 valence electrons. The maximum absolute atomic E-state index is 12.8. The zero-order chi connectivity index (χ0) is 16.1. The van der Waals surface area contributed by atoms with Crippen molar-refractivity contribution in [3.63, 3.8) is 0 Å². The molecule has 21 heavy (non-hydrogen) atoms. The maximum Gasteiger partial charge on any atom is 0.495 e. The fourth-order valence-electron chi connectivity index (χ4n) is 2.16. The molecule has 7 heteroatoms. The summed E-state index contributed by atoms with van der Waals surface area (Å²) >= 11 is 0. The first-order valence-corrected chi connectivity index (χ1v) is 6.74. The summed E-state index contributed by atoms with van der Waals surface area (Å²) in [5.41, 5.74) is 4.69. The molecule has 1 aliphatic rings. The summed E-state index contributed by atoms with van der Waals surface area (Å²) < 4.78 is 50.0. The summed E-state index contributed by atoms with van der Waals surface area (Å²) in [5.74, 6) is 0. The van der Waals surface area contributed by atoms with Gasteiger partial charge in [-0.3, -0.25) is 0 Å². The lowest BCUT2D eigenvalue weighted by atomic mass is 9.75. The van der Waals surface area contributed by atoms with Crippen molar-refractivity contribution in [2.45, 2.75) is 51.6 Å². The number of hydrogen-bond acceptors (Lipinski definition) is 3. The van der Waals surface area contributed by atoms with E-state index < -0.39 is 30.1 Å². The Hall–Kier alpha value is -1.05. The van der Waals surface area contributed by atoms with Gasteiger partial charge in [-0.2, -0.15) is 13.2 Å². The second-order valence-electron chi connectivity index (χ2n) is 6.20. The van der Waals surface area contributed by atoms with Gasteiger partial charge in [0.2, 0.25) is 0 Å². The second kappa shape index (κ2) is 5.00. The molecule has 0 saturated carbocycles. The smallest absolute Gasteiger partial charge is 0.399 e.